The van der Waals surface area contributed by atoms with Crippen molar-refractivity contribution >= 4 is 5.95 Å². The largest absolute Gasteiger partial charge is 0.586 e. The number of ether oxygens (including phenoxy) is 2. The van der Waals surface area contributed by atoms with E-state index in [0.717, 1.165) is 5.56 Å². The summed E-state index contributed by atoms with van der Waals surface area (Å²) in [5.74, 6) is 1.29. The van der Waals surface area contributed by atoms with Crippen molar-refractivity contribution < 1.29 is 18.3 Å². The minimum absolute atomic E-state index is 0.0146. The molecule has 0 saturated carbocycles. The number of hydrogen-bond donors (Lipinski definition) is 1. The summed E-state index contributed by atoms with van der Waals surface area (Å²) in [6.45, 7) is 4.60. The molecule has 6 rings (SSSR count). The zero-order chi connectivity index (χ0) is 18.6. The molecule has 1 aromatic carbocycles. The summed E-state index contributed by atoms with van der Waals surface area (Å²) in [5.41, 5.74) is 1.42. The molecule has 3 saturated heterocycles. The molecule has 142 valence electrons. The minimum Gasteiger partial charge on any atom is -0.395 e. The van der Waals surface area contributed by atoms with Gasteiger partial charge < -0.3 is 14.8 Å². The molecular formula is C19H20F2N4O2. The third kappa shape index (κ3) is 2.97. The van der Waals surface area contributed by atoms with Gasteiger partial charge in [0.25, 0.3) is 0 Å². The number of piperidine rings is 3. The van der Waals surface area contributed by atoms with Gasteiger partial charge in [-0.3, -0.25) is 4.90 Å². The first-order valence-electron chi connectivity index (χ1n) is 9.21. The van der Waals surface area contributed by atoms with Crippen LogP contribution < -0.4 is 14.8 Å². The van der Waals surface area contributed by atoms with Crippen LogP contribution in [0.5, 0.6) is 11.5 Å². The number of nitrogens with zero attached hydrogens (tertiary/aromatic N) is 3. The molecule has 2 aromatic rings. The van der Waals surface area contributed by atoms with E-state index in [-0.39, 0.29) is 11.5 Å². The van der Waals surface area contributed by atoms with Crippen molar-refractivity contribution in [3.63, 3.8) is 0 Å². The quantitative estimate of drug-likeness (QED) is 0.889. The molecule has 1 aromatic heterocycles. The van der Waals surface area contributed by atoms with Gasteiger partial charge in [0.15, 0.2) is 11.5 Å². The fourth-order valence-electron chi connectivity index (χ4n) is 4.37. The predicted molar refractivity (Wildman–Crippen MR) is 94.8 cm³/mol. The van der Waals surface area contributed by atoms with Gasteiger partial charge in [-0.1, -0.05) is 6.07 Å². The first kappa shape index (κ1) is 16.7. The summed E-state index contributed by atoms with van der Waals surface area (Å²) in [6.07, 6.45) is 2.19. The summed E-state index contributed by atoms with van der Waals surface area (Å²) in [5, 5.41) is 3.49. The van der Waals surface area contributed by atoms with Crippen LogP contribution >= 0.6 is 0 Å². The van der Waals surface area contributed by atoms with E-state index in [4.69, 9.17) is 0 Å². The third-order valence-electron chi connectivity index (χ3n) is 5.86. The highest BCUT2D eigenvalue weighted by Gasteiger charge is 2.43. The first-order valence-corrected chi connectivity index (χ1v) is 9.21. The Morgan fingerprint density at radius 1 is 1.07 bits per heavy atom. The van der Waals surface area contributed by atoms with Crippen molar-refractivity contribution in [1.82, 2.24) is 14.9 Å². The molecule has 27 heavy (non-hydrogen) atoms. The van der Waals surface area contributed by atoms with Crippen LogP contribution in [-0.4, -0.2) is 46.3 Å². The Morgan fingerprint density at radius 2 is 1.78 bits per heavy atom. The second-order valence-corrected chi connectivity index (χ2v) is 7.41. The number of anilines is 1. The number of aromatic nitrogens is 2. The highest BCUT2D eigenvalue weighted by molar-refractivity contribution is 5.66. The Labute approximate surface area is 155 Å². The lowest BCUT2D eigenvalue weighted by molar-refractivity contribution is -0.286. The highest BCUT2D eigenvalue weighted by Crippen LogP contribution is 2.42. The average Bonchev–Trinajstić information content (AvgIpc) is 2.98. The summed E-state index contributed by atoms with van der Waals surface area (Å²) >= 11 is 0. The normalized spacial score (nSPS) is 30.3. The Morgan fingerprint density at radius 3 is 2.48 bits per heavy atom. The molecule has 5 heterocycles. The van der Waals surface area contributed by atoms with Crippen LogP contribution in [0.2, 0.25) is 0 Å². The third-order valence-corrected chi connectivity index (χ3v) is 5.86. The molecule has 6 nitrogen and oxygen atoms in total. The SMILES string of the molecule is C[C@@H]1[C@H](Nc2ncc(-c3ccc4c(c3)OC(F)(F)O4)cn2)C2CCN1CC2. The maximum absolute atomic E-state index is 13.2. The standard InChI is InChI=1S/C19H20F2N4O2/c1-11-17(12-4-6-25(11)7-5-12)24-18-22-9-14(10-23-18)13-2-3-15-16(8-13)27-19(20,21)26-15/h2-3,8-12,17H,4-7H2,1H3,(H,22,23,24)/t11-,17+/m1/s1. The molecule has 0 spiro atoms. The van der Waals surface area contributed by atoms with E-state index in [1.54, 1.807) is 18.5 Å². The zero-order valence-corrected chi connectivity index (χ0v) is 14.9. The molecule has 8 heteroatoms. The molecular weight excluding hydrogens is 354 g/mol. The molecule has 0 amide bonds. The van der Waals surface area contributed by atoms with Gasteiger partial charge in [-0.2, -0.15) is 0 Å². The van der Waals surface area contributed by atoms with Crippen LogP contribution in [-0.2, 0) is 0 Å². The van der Waals surface area contributed by atoms with Gasteiger partial charge in [0.05, 0.1) is 0 Å². The number of benzene rings is 1. The van der Waals surface area contributed by atoms with Crippen molar-refractivity contribution in [1.29, 1.82) is 0 Å². The molecule has 4 aliphatic rings. The molecule has 4 aliphatic heterocycles. The minimum atomic E-state index is -3.61. The number of rotatable bonds is 3. The van der Waals surface area contributed by atoms with Crippen LogP contribution in [0.15, 0.2) is 30.6 Å². The topological polar surface area (TPSA) is 59.5 Å². The summed E-state index contributed by atoms with van der Waals surface area (Å²) in [6, 6.07) is 5.48. The van der Waals surface area contributed by atoms with Crippen molar-refractivity contribution in [3.05, 3.63) is 30.6 Å². The van der Waals surface area contributed by atoms with Crippen LogP contribution in [0.25, 0.3) is 11.1 Å². The molecule has 2 atom stereocenters. The lowest BCUT2D eigenvalue weighted by atomic mass is 9.79. The summed E-state index contributed by atoms with van der Waals surface area (Å²) in [4.78, 5) is 11.4. The Kier molecular flexibility index (Phi) is 3.72. The lowest BCUT2D eigenvalue weighted by Crippen LogP contribution is -2.59. The maximum atomic E-state index is 13.2. The second-order valence-electron chi connectivity index (χ2n) is 7.41. The molecule has 0 aliphatic carbocycles. The maximum Gasteiger partial charge on any atom is 0.586 e. The molecule has 1 N–H and O–H groups in total. The van der Waals surface area contributed by atoms with E-state index >= 15 is 0 Å². The number of nitrogens with one attached hydrogen (secondary N) is 1. The van der Waals surface area contributed by atoms with E-state index < -0.39 is 6.29 Å². The van der Waals surface area contributed by atoms with Gasteiger partial charge in [-0.05, 0) is 56.5 Å². The average molecular weight is 374 g/mol. The van der Waals surface area contributed by atoms with Crippen LogP contribution in [0.4, 0.5) is 14.7 Å². The molecule has 3 fully saturated rings. The smallest absolute Gasteiger partial charge is 0.395 e. The van der Waals surface area contributed by atoms with Gasteiger partial charge >= 0.3 is 6.29 Å². The summed E-state index contributed by atoms with van der Waals surface area (Å²) < 4.78 is 35.3. The van der Waals surface area contributed by atoms with Crippen LogP contribution in [0.3, 0.4) is 0 Å². The number of alkyl halides is 2. The second kappa shape index (κ2) is 6.02. The van der Waals surface area contributed by atoms with Gasteiger partial charge in [-0.15, -0.1) is 8.78 Å². The Bertz CT molecular complexity index is 851. The number of halogens is 2. The predicted octanol–water partition coefficient (Wildman–Crippen LogP) is 3.36. The molecule has 0 radical (unpaired) electrons. The first-order chi connectivity index (χ1) is 13.0. The molecule has 2 bridgehead atoms. The van der Waals surface area contributed by atoms with E-state index in [9.17, 15) is 8.78 Å². The van der Waals surface area contributed by atoms with Gasteiger partial charge in [-0.25, -0.2) is 9.97 Å². The number of fused-ring (bicyclic) bond motifs is 4. The summed E-state index contributed by atoms with van der Waals surface area (Å²) in [7, 11) is 0. The Balaban J connectivity index is 1.33. The van der Waals surface area contributed by atoms with Gasteiger partial charge in [0, 0.05) is 30.0 Å². The fourth-order valence-corrected chi connectivity index (χ4v) is 4.37. The van der Waals surface area contributed by atoms with Crippen LogP contribution in [0, 0.1) is 5.92 Å². The van der Waals surface area contributed by atoms with E-state index in [2.05, 4.69) is 36.6 Å². The van der Waals surface area contributed by atoms with Crippen molar-refractivity contribution in [3.8, 4) is 22.6 Å². The van der Waals surface area contributed by atoms with E-state index in [0.29, 0.717) is 29.5 Å². The van der Waals surface area contributed by atoms with E-state index in [1.165, 1.54) is 38.1 Å². The van der Waals surface area contributed by atoms with Crippen molar-refractivity contribution in [2.75, 3.05) is 18.4 Å². The van der Waals surface area contributed by atoms with Crippen molar-refractivity contribution in [2.24, 2.45) is 5.92 Å². The van der Waals surface area contributed by atoms with Crippen LogP contribution in [0.1, 0.15) is 19.8 Å². The highest BCUT2D eigenvalue weighted by atomic mass is 19.3. The fraction of sp³-hybridized carbons (Fsp3) is 0.474. The number of hydrogen-bond acceptors (Lipinski definition) is 6. The van der Waals surface area contributed by atoms with Gasteiger partial charge in [0.2, 0.25) is 5.95 Å². The van der Waals surface area contributed by atoms with E-state index in [1.807, 2.05) is 0 Å². The Hall–Kier alpha value is -2.48. The van der Waals surface area contributed by atoms with Crippen molar-refractivity contribution in [2.45, 2.75) is 38.1 Å². The lowest BCUT2D eigenvalue weighted by Gasteiger charge is -2.49. The van der Waals surface area contributed by atoms with Gasteiger partial charge in [0.1, 0.15) is 0 Å². The zero-order valence-electron chi connectivity index (χ0n) is 14.9. The monoisotopic (exact) mass is 374 g/mol. The molecule has 0 unspecified atom stereocenters.